The lowest BCUT2D eigenvalue weighted by atomic mass is 10.0. The number of nitrogens with one attached hydrogen (secondary N) is 1. The third kappa shape index (κ3) is 4.57. The maximum absolute atomic E-state index is 13.3. The minimum atomic E-state index is -4.77. The van der Waals surface area contributed by atoms with Crippen molar-refractivity contribution >= 4 is 11.8 Å². The number of amides is 2. The molecule has 0 bridgehead atoms. The van der Waals surface area contributed by atoms with E-state index in [-0.39, 0.29) is 23.6 Å². The van der Waals surface area contributed by atoms with Crippen molar-refractivity contribution < 1.29 is 32.2 Å². The highest BCUT2D eigenvalue weighted by atomic mass is 19.4. The summed E-state index contributed by atoms with van der Waals surface area (Å²) in [6.07, 6.45) is -3.46. The molecule has 2 aliphatic rings. The Labute approximate surface area is 183 Å². The van der Waals surface area contributed by atoms with Gasteiger partial charge < -0.3 is 19.7 Å². The van der Waals surface area contributed by atoms with Crippen LogP contribution in [-0.4, -0.2) is 42.3 Å². The molecule has 2 amide bonds. The molecule has 0 aromatic heterocycles. The second-order valence-electron chi connectivity index (χ2n) is 7.89. The van der Waals surface area contributed by atoms with Crippen LogP contribution >= 0.6 is 0 Å². The van der Waals surface area contributed by atoms with Gasteiger partial charge in [-0.25, -0.2) is 0 Å². The molecule has 2 aromatic rings. The van der Waals surface area contributed by atoms with E-state index in [0.29, 0.717) is 42.7 Å². The highest BCUT2D eigenvalue weighted by Gasteiger charge is 2.44. The number of hydrogen-bond donors (Lipinski definition) is 1. The molecule has 2 atom stereocenters. The van der Waals surface area contributed by atoms with E-state index in [9.17, 15) is 22.8 Å². The van der Waals surface area contributed by atoms with Crippen LogP contribution in [0, 0.1) is 0 Å². The van der Waals surface area contributed by atoms with Crippen LogP contribution in [0.2, 0.25) is 0 Å². The second-order valence-corrected chi connectivity index (χ2v) is 7.89. The maximum Gasteiger partial charge on any atom is 0.573 e. The zero-order chi connectivity index (χ0) is 22.9. The van der Waals surface area contributed by atoms with Gasteiger partial charge in [-0.15, -0.1) is 13.2 Å². The zero-order valence-corrected chi connectivity index (χ0v) is 17.4. The third-order valence-electron chi connectivity index (χ3n) is 5.80. The topological polar surface area (TPSA) is 67.9 Å². The summed E-state index contributed by atoms with van der Waals surface area (Å²) >= 11 is 0. The van der Waals surface area contributed by atoms with Crippen molar-refractivity contribution in [3.05, 3.63) is 65.2 Å². The van der Waals surface area contributed by atoms with Crippen molar-refractivity contribution in [1.29, 1.82) is 0 Å². The molecule has 170 valence electrons. The SMILES string of the molecule is CC(NC(=O)C1c2ccccc2C(=O)N1C1CCOCC1)c1ccc(OC(F)(F)F)cc1. The Hall–Kier alpha value is -3.07. The summed E-state index contributed by atoms with van der Waals surface area (Å²) in [4.78, 5) is 28.1. The van der Waals surface area contributed by atoms with Crippen molar-refractivity contribution in [2.45, 2.75) is 44.3 Å². The highest BCUT2D eigenvalue weighted by molar-refractivity contribution is 6.05. The summed E-state index contributed by atoms with van der Waals surface area (Å²) in [6, 6.07) is 11.1. The van der Waals surface area contributed by atoms with Gasteiger partial charge in [-0.1, -0.05) is 30.3 Å². The molecule has 2 heterocycles. The van der Waals surface area contributed by atoms with E-state index in [1.807, 2.05) is 0 Å². The van der Waals surface area contributed by atoms with Gasteiger partial charge in [-0.05, 0) is 49.1 Å². The lowest BCUT2D eigenvalue weighted by Crippen LogP contribution is -2.47. The largest absolute Gasteiger partial charge is 0.573 e. The Morgan fingerprint density at radius 1 is 1.12 bits per heavy atom. The van der Waals surface area contributed by atoms with Crippen LogP contribution in [0.25, 0.3) is 0 Å². The number of benzene rings is 2. The molecule has 4 rings (SSSR count). The van der Waals surface area contributed by atoms with Gasteiger partial charge in [0.05, 0.1) is 6.04 Å². The van der Waals surface area contributed by atoms with E-state index in [0.717, 1.165) is 0 Å². The Kier molecular flexibility index (Phi) is 6.10. The van der Waals surface area contributed by atoms with Crippen molar-refractivity contribution in [2.75, 3.05) is 13.2 Å². The molecule has 1 N–H and O–H groups in total. The zero-order valence-electron chi connectivity index (χ0n) is 17.4. The van der Waals surface area contributed by atoms with Gasteiger partial charge in [0.15, 0.2) is 0 Å². The van der Waals surface area contributed by atoms with Gasteiger partial charge in [0.1, 0.15) is 11.8 Å². The summed E-state index contributed by atoms with van der Waals surface area (Å²) in [5.74, 6) is -0.840. The predicted octanol–water partition coefficient (Wildman–Crippen LogP) is 4.14. The fourth-order valence-corrected chi connectivity index (χ4v) is 4.28. The molecule has 9 heteroatoms. The third-order valence-corrected chi connectivity index (χ3v) is 5.80. The molecule has 2 unspecified atom stereocenters. The van der Waals surface area contributed by atoms with E-state index in [4.69, 9.17) is 4.74 Å². The number of carbonyl (C=O) groups is 2. The van der Waals surface area contributed by atoms with Crippen molar-refractivity contribution in [1.82, 2.24) is 10.2 Å². The van der Waals surface area contributed by atoms with E-state index < -0.39 is 18.4 Å². The van der Waals surface area contributed by atoms with Gasteiger partial charge >= 0.3 is 6.36 Å². The summed E-state index contributed by atoms with van der Waals surface area (Å²) < 4.78 is 46.4. The molecule has 2 aliphatic heterocycles. The number of halogens is 3. The molecule has 0 radical (unpaired) electrons. The Bertz CT molecular complexity index is 987. The average Bonchev–Trinajstić information content (AvgIpc) is 3.06. The molecule has 0 aliphatic carbocycles. The molecular weight excluding hydrogens is 425 g/mol. The molecule has 1 fully saturated rings. The van der Waals surface area contributed by atoms with Gasteiger partial charge in [0.2, 0.25) is 5.91 Å². The molecule has 1 saturated heterocycles. The van der Waals surface area contributed by atoms with Crippen LogP contribution in [0.15, 0.2) is 48.5 Å². The number of fused-ring (bicyclic) bond motifs is 1. The van der Waals surface area contributed by atoms with Crippen molar-refractivity contribution in [3.63, 3.8) is 0 Å². The van der Waals surface area contributed by atoms with Crippen LogP contribution in [0.5, 0.6) is 5.75 Å². The van der Waals surface area contributed by atoms with E-state index in [1.165, 1.54) is 24.3 Å². The summed E-state index contributed by atoms with van der Waals surface area (Å²) in [5.41, 5.74) is 1.78. The van der Waals surface area contributed by atoms with Crippen molar-refractivity contribution in [3.8, 4) is 5.75 Å². The van der Waals surface area contributed by atoms with Crippen LogP contribution in [0.4, 0.5) is 13.2 Å². The number of rotatable bonds is 5. The number of carbonyl (C=O) groups excluding carboxylic acids is 2. The Morgan fingerprint density at radius 2 is 1.78 bits per heavy atom. The van der Waals surface area contributed by atoms with Crippen LogP contribution < -0.4 is 10.1 Å². The molecule has 6 nitrogen and oxygen atoms in total. The number of ether oxygens (including phenoxy) is 2. The number of hydrogen-bond acceptors (Lipinski definition) is 4. The summed E-state index contributed by atoms with van der Waals surface area (Å²) in [7, 11) is 0. The van der Waals surface area contributed by atoms with Crippen LogP contribution in [0.3, 0.4) is 0 Å². The lowest BCUT2D eigenvalue weighted by Gasteiger charge is -2.35. The molecule has 0 saturated carbocycles. The van der Waals surface area contributed by atoms with Crippen molar-refractivity contribution in [2.24, 2.45) is 0 Å². The predicted molar refractivity (Wildman–Crippen MR) is 109 cm³/mol. The van der Waals surface area contributed by atoms with Gasteiger partial charge in [-0.3, -0.25) is 9.59 Å². The average molecular weight is 448 g/mol. The summed E-state index contributed by atoms with van der Waals surface area (Å²) in [5, 5.41) is 2.91. The normalized spacial score (nSPS) is 20.1. The maximum atomic E-state index is 13.3. The first kappa shape index (κ1) is 22.1. The summed E-state index contributed by atoms with van der Waals surface area (Å²) in [6.45, 7) is 2.79. The highest BCUT2D eigenvalue weighted by Crippen LogP contribution is 2.38. The van der Waals surface area contributed by atoms with Gasteiger partial charge in [0, 0.05) is 24.8 Å². The van der Waals surface area contributed by atoms with E-state index in [2.05, 4.69) is 10.1 Å². The standard InChI is InChI=1S/C23H23F3N2O4/c1-14(15-6-8-17(9-7-15)32-23(24,25)26)27-21(29)20-18-4-2-3-5-19(18)22(30)28(20)16-10-12-31-13-11-16/h2-9,14,16,20H,10-13H2,1H3,(H,27,29). The first-order valence-corrected chi connectivity index (χ1v) is 10.4. The minimum Gasteiger partial charge on any atom is -0.406 e. The van der Waals surface area contributed by atoms with Gasteiger partial charge in [-0.2, -0.15) is 0 Å². The van der Waals surface area contributed by atoms with Crippen LogP contribution in [0.1, 0.15) is 53.3 Å². The Balaban J connectivity index is 1.53. The minimum absolute atomic E-state index is 0.103. The first-order chi connectivity index (χ1) is 15.2. The molecule has 2 aromatic carbocycles. The number of nitrogens with zero attached hydrogens (tertiary/aromatic N) is 1. The molecule has 32 heavy (non-hydrogen) atoms. The lowest BCUT2D eigenvalue weighted by molar-refractivity contribution is -0.274. The smallest absolute Gasteiger partial charge is 0.406 e. The van der Waals surface area contributed by atoms with Gasteiger partial charge in [0.25, 0.3) is 5.91 Å². The second kappa shape index (κ2) is 8.82. The fraction of sp³-hybridized carbons (Fsp3) is 0.391. The quantitative estimate of drug-likeness (QED) is 0.747. The first-order valence-electron chi connectivity index (χ1n) is 10.4. The molecular formula is C23H23F3N2O4. The van der Waals surface area contributed by atoms with E-state index in [1.54, 1.807) is 36.1 Å². The monoisotopic (exact) mass is 448 g/mol. The van der Waals surface area contributed by atoms with Crippen LogP contribution in [-0.2, 0) is 9.53 Å². The molecule has 0 spiro atoms. The van der Waals surface area contributed by atoms with E-state index >= 15 is 0 Å². The fourth-order valence-electron chi connectivity index (χ4n) is 4.28. The Morgan fingerprint density at radius 3 is 2.44 bits per heavy atom. The number of alkyl halides is 3.